The molecule has 156 valence electrons. The Labute approximate surface area is 176 Å². The van der Waals surface area contributed by atoms with Gasteiger partial charge in [0.15, 0.2) is 5.11 Å². The molecular formula is C21H28N4O3S. The fraction of sp³-hybridized carbons (Fsp3) is 0.524. The maximum atomic E-state index is 12.3. The number of thiocarbonyl (C=S) groups is 1. The van der Waals surface area contributed by atoms with Crippen LogP contribution in [0.1, 0.15) is 66.7 Å². The first-order valence-electron chi connectivity index (χ1n) is 10.2. The molecule has 7 nitrogen and oxygen atoms in total. The van der Waals surface area contributed by atoms with Crippen molar-refractivity contribution in [3.05, 3.63) is 35.4 Å². The number of nitrogens with one attached hydrogen (secondary N) is 3. The number of hydrogen-bond acceptors (Lipinski definition) is 4. The second-order valence-electron chi connectivity index (χ2n) is 7.93. The first kappa shape index (κ1) is 21.2. The summed E-state index contributed by atoms with van der Waals surface area (Å²) < 4.78 is 0. The Hall–Kier alpha value is -2.48. The minimum atomic E-state index is -0.301. The van der Waals surface area contributed by atoms with E-state index in [1.165, 1.54) is 17.7 Å². The molecule has 8 heteroatoms. The van der Waals surface area contributed by atoms with E-state index in [1.54, 1.807) is 24.3 Å². The largest absolute Gasteiger partial charge is 0.358 e. The highest BCUT2D eigenvalue weighted by Crippen LogP contribution is 2.29. The average Bonchev–Trinajstić information content (AvgIpc) is 2.95. The van der Waals surface area contributed by atoms with Crippen LogP contribution < -0.4 is 16.2 Å². The molecular weight excluding hydrogens is 388 g/mol. The number of fused-ring (bicyclic) bond motifs is 1. The molecule has 0 radical (unpaired) electrons. The lowest BCUT2D eigenvalue weighted by molar-refractivity contribution is -0.121. The van der Waals surface area contributed by atoms with E-state index in [4.69, 9.17) is 12.2 Å². The normalized spacial score (nSPS) is 23.5. The van der Waals surface area contributed by atoms with Crippen molar-refractivity contribution in [2.75, 3.05) is 6.54 Å². The molecule has 3 rings (SSSR count). The van der Waals surface area contributed by atoms with Crippen molar-refractivity contribution >= 4 is 35.1 Å². The first-order chi connectivity index (χ1) is 13.9. The number of imide groups is 1. The summed E-state index contributed by atoms with van der Waals surface area (Å²) in [6.45, 7) is 4.69. The van der Waals surface area contributed by atoms with Crippen LogP contribution in [-0.2, 0) is 4.79 Å². The van der Waals surface area contributed by atoms with Crippen LogP contribution in [-0.4, -0.2) is 40.3 Å². The molecule has 1 aliphatic heterocycles. The van der Waals surface area contributed by atoms with Crippen LogP contribution in [0.25, 0.3) is 0 Å². The van der Waals surface area contributed by atoms with Crippen molar-refractivity contribution in [2.45, 2.75) is 52.0 Å². The number of nitrogens with zero attached hydrogens (tertiary/aromatic N) is 1. The summed E-state index contributed by atoms with van der Waals surface area (Å²) in [5.74, 6) is 0.339. The van der Waals surface area contributed by atoms with Crippen LogP contribution in [0.2, 0.25) is 0 Å². The molecule has 0 aromatic heterocycles. The summed E-state index contributed by atoms with van der Waals surface area (Å²) in [7, 11) is 0. The predicted molar refractivity (Wildman–Crippen MR) is 114 cm³/mol. The van der Waals surface area contributed by atoms with Gasteiger partial charge in [0.2, 0.25) is 5.91 Å². The molecule has 1 heterocycles. The van der Waals surface area contributed by atoms with Gasteiger partial charge in [0.05, 0.1) is 11.1 Å². The number of carbonyl (C=O) groups excluding carboxylic acids is 3. The third-order valence-corrected chi connectivity index (χ3v) is 6.22. The molecule has 29 heavy (non-hydrogen) atoms. The lowest BCUT2D eigenvalue weighted by Crippen LogP contribution is -2.52. The highest BCUT2D eigenvalue weighted by atomic mass is 32.1. The molecule has 1 aliphatic carbocycles. The fourth-order valence-corrected chi connectivity index (χ4v) is 4.22. The maximum Gasteiger partial charge on any atom is 0.261 e. The number of amides is 3. The second kappa shape index (κ2) is 9.35. The Balaban J connectivity index is 1.37. The third kappa shape index (κ3) is 4.93. The van der Waals surface area contributed by atoms with Crippen molar-refractivity contribution in [1.82, 2.24) is 21.1 Å². The minimum absolute atomic E-state index is 0.180. The number of benzene rings is 1. The summed E-state index contributed by atoms with van der Waals surface area (Å²) >= 11 is 5.28. The van der Waals surface area contributed by atoms with Gasteiger partial charge in [-0.2, -0.15) is 0 Å². The molecule has 3 atom stereocenters. The highest BCUT2D eigenvalue weighted by molar-refractivity contribution is 7.80. The molecule has 2 aliphatic rings. The van der Waals surface area contributed by atoms with Gasteiger partial charge in [-0.1, -0.05) is 38.8 Å². The molecule has 3 amide bonds. The maximum absolute atomic E-state index is 12.3. The van der Waals surface area contributed by atoms with E-state index in [0.717, 1.165) is 6.42 Å². The van der Waals surface area contributed by atoms with Crippen molar-refractivity contribution in [3.63, 3.8) is 0 Å². The molecule has 1 fully saturated rings. The zero-order valence-corrected chi connectivity index (χ0v) is 17.7. The summed E-state index contributed by atoms with van der Waals surface area (Å²) in [4.78, 5) is 37.9. The quantitative estimate of drug-likeness (QED) is 0.388. The Morgan fingerprint density at radius 2 is 1.76 bits per heavy atom. The summed E-state index contributed by atoms with van der Waals surface area (Å²) in [6.07, 6.45) is 4.05. The van der Waals surface area contributed by atoms with E-state index < -0.39 is 0 Å². The number of hydrogen-bond donors (Lipinski definition) is 3. The second-order valence-corrected chi connectivity index (χ2v) is 8.34. The standard InChI is InChI=1S/C21H28N4O3S/c1-13-7-5-10-17(14(13)2)22-21(29)24-23-18(26)11-6-12-25-19(27)15-8-3-4-9-16(15)20(25)28/h3-4,8-9,13-14,17H,5-7,10-12H2,1-2H3,(H,23,26)(H2,22,24,29)/t13-,14+,17-/m0/s1. The van der Waals surface area contributed by atoms with Crippen LogP contribution in [0.5, 0.6) is 0 Å². The molecule has 1 aromatic rings. The van der Waals surface area contributed by atoms with Crippen LogP contribution >= 0.6 is 12.2 Å². The number of rotatable bonds is 5. The molecule has 0 spiro atoms. The molecule has 1 saturated carbocycles. The van der Waals surface area contributed by atoms with Crippen LogP contribution in [0.15, 0.2) is 24.3 Å². The van der Waals surface area contributed by atoms with Gasteiger partial charge in [-0.05, 0) is 49.0 Å². The lowest BCUT2D eigenvalue weighted by atomic mass is 9.78. The SMILES string of the molecule is C[C@H]1[C@@H](NC(=S)NNC(=O)CCCN2C(=O)c3ccccc3C2=O)CCC[C@@H]1C. The Bertz CT molecular complexity index is 778. The van der Waals surface area contributed by atoms with Crippen molar-refractivity contribution < 1.29 is 14.4 Å². The van der Waals surface area contributed by atoms with Crippen LogP contribution in [0.4, 0.5) is 0 Å². The van der Waals surface area contributed by atoms with E-state index in [0.29, 0.717) is 40.5 Å². The van der Waals surface area contributed by atoms with E-state index in [-0.39, 0.29) is 30.7 Å². The van der Waals surface area contributed by atoms with E-state index in [9.17, 15) is 14.4 Å². The Morgan fingerprint density at radius 3 is 2.41 bits per heavy atom. The summed E-state index contributed by atoms with van der Waals surface area (Å²) in [6, 6.07) is 7.07. The van der Waals surface area contributed by atoms with Gasteiger partial charge in [-0.3, -0.25) is 30.1 Å². The molecule has 0 saturated heterocycles. The number of hydrazine groups is 1. The molecule has 1 aromatic carbocycles. The first-order valence-corrected chi connectivity index (χ1v) is 10.6. The van der Waals surface area contributed by atoms with E-state index >= 15 is 0 Å². The van der Waals surface area contributed by atoms with Crippen LogP contribution in [0, 0.1) is 11.8 Å². The minimum Gasteiger partial charge on any atom is -0.358 e. The monoisotopic (exact) mass is 416 g/mol. The third-order valence-electron chi connectivity index (χ3n) is 6.00. The molecule has 0 bridgehead atoms. The molecule has 3 N–H and O–H groups in total. The summed E-state index contributed by atoms with van der Waals surface area (Å²) in [5.41, 5.74) is 6.18. The van der Waals surface area contributed by atoms with E-state index in [2.05, 4.69) is 30.0 Å². The van der Waals surface area contributed by atoms with Gasteiger partial charge in [0, 0.05) is 19.0 Å². The summed E-state index contributed by atoms with van der Waals surface area (Å²) in [5, 5.41) is 3.69. The zero-order chi connectivity index (χ0) is 21.0. The fourth-order valence-electron chi connectivity index (χ4n) is 4.02. The Kier molecular flexibility index (Phi) is 6.84. The number of carbonyl (C=O) groups is 3. The smallest absolute Gasteiger partial charge is 0.261 e. The predicted octanol–water partition coefficient (Wildman–Crippen LogP) is 2.38. The topological polar surface area (TPSA) is 90.5 Å². The van der Waals surface area contributed by atoms with E-state index in [1.807, 2.05) is 0 Å². The van der Waals surface area contributed by atoms with Crippen molar-refractivity contribution in [2.24, 2.45) is 11.8 Å². The van der Waals surface area contributed by atoms with Gasteiger partial charge in [-0.25, -0.2) is 0 Å². The van der Waals surface area contributed by atoms with Gasteiger partial charge in [0.1, 0.15) is 0 Å². The van der Waals surface area contributed by atoms with Gasteiger partial charge >= 0.3 is 0 Å². The van der Waals surface area contributed by atoms with Gasteiger partial charge in [0.25, 0.3) is 11.8 Å². The van der Waals surface area contributed by atoms with Crippen molar-refractivity contribution in [1.29, 1.82) is 0 Å². The highest BCUT2D eigenvalue weighted by Gasteiger charge is 2.34. The van der Waals surface area contributed by atoms with Gasteiger partial charge < -0.3 is 5.32 Å². The van der Waals surface area contributed by atoms with Gasteiger partial charge in [-0.15, -0.1) is 0 Å². The zero-order valence-electron chi connectivity index (χ0n) is 16.9. The lowest BCUT2D eigenvalue weighted by Gasteiger charge is -2.35. The molecule has 0 unspecified atom stereocenters. The average molecular weight is 417 g/mol. The van der Waals surface area contributed by atoms with Crippen molar-refractivity contribution in [3.8, 4) is 0 Å². The van der Waals surface area contributed by atoms with Crippen LogP contribution in [0.3, 0.4) is 0 Å². The Morgan fingerprint density at radius 1 is 1.10 bits per heavy atom.